The lowest BCUT2D eigenvalue weighted by atomic mass is 9.79. The lowest BCUT2D eigenvalue weighted by molar-refractivity contribution is 0.103. The van der Waals surface area contributed by atoms with E-state index in [9.17, 15) is 5.26 Å². The Morgan fingerprint density at radius 3 is 2.35 bits per heavy atom. The molecule has 0 bridgehead atoms. The molecule has 23 heavy (non-hydrogen) atoms. The maximum absolute atomic E-state index is 9.48. The van der Waals surface area contributed by atoms with Crippen molar-refractivity contribution in [3.63, 3.8) is 0 Å². The molecule has 1 aliphatic carbocycles. The predicted octanol–water partition coefficient (Wildman–Crippen LogP) is 3.93. The number of halogens is 2. The van der Waals surface area contributed by atoms with Gasteiger partial charge in [-0.05, 0) is 30.4 Å². The van der Waals surface area contributed by atoms with Crippen molar-refractivity contribution >= 4 is 24.8 Å². The standard InChI is InChI=1S/C18H25N3.2ClH/c19-14-16-8-4-5-9-17(16)18(15-6-2-1-3-7-15)21-12-10-20-11-13-21;;/h4-5,8-9,15,18,20H,1-3,6-7,10-13H2;2*1H/t18-;;/m1../s1. The summed E-state index contributed by atoms with van der Waals surface area (Å²) < 4.78 is 0. The first-order valence-electron chi connectivity index (χ1n) is 8.34. The zero-order valence-electron chi connectivity index (χ0n) is 13.5. The highest BCUT2D eigenvalue weighted by molar-refractivity contribution is 5.85. The van der Waals surface area contributed by atoms with Gasteiger partial charge in [0.1, 0.15) is 0 Å². The fraction of sp³-hybridized carbons (Fsp3) is 0.611. The van der Waals surface area contributed by atoms with Crippen LogP contribution in [0.2, 0.25) is 0 Å². The molecule has 0 radical (unpaired) electrons. The van der Waals surface area contributed by atoms with Crippen LogP contribution in [0.5, 0.6) is 0 Å². The quantitative estimate of drug-likeness (QED) is 0.892. The van der Waals surface area contributed by atoms with Crippen LogP contribution in [-0.2, 0) is 0 Å². The van der Waals surface area contributed by atoms with E-state index in [0.717, 1.165) is 31.7 Å². The number of nitrogens with one attached hydrogen (secondary N) is 1. The average molecular weight is 356 g/mol. The van der Waals surface area contributed by atoms with Crippen molar-refractivity contribution in [2.75, 3.05) is 26.2 Å². The monoisotopic (exact) mass is 355 g/mol. The van der Waals surface area contributed by atoms with E-state index in [4.69, 9.17) is 0 Å². The number of nitrogens with zero attached hydrogens (tertiary/aromatic N) is 2. The fourth-order valence-corrected chi connectivity index (χ4v) is 4.02. The van der Waals surface area contributed by atoms with Gasteiger partial charge < -0.3 is 5.32 Å². The van der Waals surface area contributed by atoms with Gasteiger partial charge in [0.15, 0.2) is 0 Å². The van der Waals surface area contributed by atoms with Gasteiger partial charge in [-0.25, -0.2) is 0 Å². The summed E-state index contributed by atoms with van der Waals surface area (Å²) in [7, 11) is 0. The zero-order chi connectivity index (χ0) is 14.5. The molecule has 128 valence electrons. The molecule has 1 aromatic carbocycles. The highest BCUT2D eigenvalue weighted by Gasteiger charge is 2.32. The highest BCUT2D eigenvalue weighted by atomic mass is 35.5. The number of rotatable bonds is 3. The third kappa shape index (κ3) is 4.84. The molecule has 0 spiro atoms. The Morgan fingerprint density at radius 2 is 1.70 bits per heavy atom. The minimum Gasteiger partial charge on any atom is -0.314 e. The van der Waals surface area contributed by atoms with Crippen molar-refractivity contribution < 1.29 is 0 Å². The van der Waals surface area contributed by atoms with Gasteiger partial charge in [-0.15, -0.1) is 24.8 Å². The molecule has 0 amide bonds. The van der Waals surface area contributed by atoms with Crippen LogP contribution in [0, 0.1) is 17.2 Å². The Hall–Kier alpha value is -0.790. The van der Waals surface area contributed by atoms with E-state index >= 15 is 0 Å². The van der Waals surface area contributed by atoms with Crippen LogP contribution in [0.3, 0.4) is 0 Å². The molecule has 1 N–H and O–H groups in total. The van der Waals surface area contributed by atoms with E-state index in [0.29, 0.717) is 12.0 Å². The summed E-state index contributed by atoms with van der Waals surface area (Å²) in [6.07, 6.45) is 6.71. The minimum atomic E-state index is 0. The van der Waals surface area contributed by atoms with E-state index < -0.39 is 0 Å². The van der Waals surface area contributed by atoms with Gasteiger partial charge in [0.25, 0.3) is 0 Å². The molecule has 1 atom stereocenters. The van der Waals surface area contributed by atoms with Crippen molar-refractivity contribution in [2.24, 2.45) is 5.92 Å². The van der Waals surface area contributed by atoms with Gasteiger partial charge in [-0.2, -0.15) is 5.26 Å². The normalized spacial score (nSPS) is 20.7. The van der Waals surface area contributed by atoms with Gasteiger partial charge in [0.05, 0.1) is 11.6 Å². The smallest absolute Gasteiger partial charge is 0.0995 e. The fourth-order valence-electron chi connectivity index (χ4n) is 4.02. The first-order valence-corrected chi connectivity index (χ1v) is 8.34. The van der Waals surface area contributed by atoms with Crippen molar-refractivity contribution in [3.05, 3.63) is 35.4 Å². The maximum Gasteiger partial charge on any atom is 0.0995 e. The van der Waals surface area contributed by atoms with Gasteiger partial charge >= 0.3 is 0 Å². The topological polar surface area (TPSA) is 39.1 Å². The molecular weight excluding hydrogens is 329 g/mol. The van der Waals surface area contributed by atoms with Crippen molar-refractivity contribution in [2.45, 2.75) is 38.1 Å². The molecule has 1 saturated heterocycles. The Labute approximate surface area is 152 Å². The molecule has 3 nitrogen and oxygen atoms in total. The maximum atomic E-state index is 9.48. The van der Waals surface area contributed by atoms with Crippen LogP contribution in [-0.4, -0.2) is 31.1 Å². The van der Waals surface area contributed by atoms with Crippen molar-refractivity contribution in [3.8, 4) is 6.07 Å². The summed E-state index contributed by atoms with van der Waals surface area (Å²) in [5.74, 6) is 0.714. The van der Waals surface area contributed by atoms with Gasteiger partial charge in [-0.3, -0.25) is 4.90 Å². The second kappa shape index (κ2) is 10.2. The van der Waals surface area contributed by atoms with E-state index in [1.807, 2.05) is 12.1 Å². The Morgan fingerprint density at radius 1 is 1.04 bits per heavy atom. The van der Waals surface area contributed by atoms with Crippen LogP contribution in [0.4, 0.5) is 0 Å². The molecule has 1 aliphatic heterocycles. The first-order chi connectivity index (χ1) is 10.4. The van der Waals surface area contributed by atoms with Gasteiger partial charge in [0, 0.05) is 32.2 Å². The minimum absolute atomic E-state index is 0. The van der Waals surface area contributed by atoms with Crippen LogP contribution in [0.15, 0.2) is 24.3 Å². The summed E-state index contributed by atoms with van der Waals surface area (Å²) in [5.41, 5.74) is 2.13. The second-order valence-corrected chi connectivity index (χ2v) is 6.33. The van der Waals surface area contributed by atoms with E-state index in [1.54, 1.807) is 0 Å². The first kappa shape index (κ1) is 20.3. The molecule has 5 heteroatoms. The Balaban J connectivity index is 0.00000132. The van der Waals surface area contributed by atoms with Gasteiger partial charge in [-0.1, -0.05) is 37.5 Å². The Kier molecular flexibility index (Phi) is 8.94. The molecule has 1 heterocycles. The zero-order valence-corrected chi connectivity index (χ0v) is 15.2. The third-order valence-electron chi connectivity index (χ3n) is 5.04. The molecular formula is C18H27Cl2N3. The molecule has 3 rings (SSSR count). The summed E-state index contributed by atoms with van der Waals surface area (Å²) in [6, 6.07) is 11.1. The SMILES string of the molecule is Cl.Cl.N#Cc1ccccc1[C@@H](C1CCCCC1)N1CCNCC1. The largest absolute Gasteiger partial charge is 0.314 e. The number of nitriles is 1. The highest BCUT2D eigenvalue weighted by Crippen LogP contribution is 2.39. The molecule has 1 aromatic rings. The molecule has 0 unspecified atom stereocenters. The number of hydrogen-bond acceptors (Lipinski definition) is 3. The van der Waals surface area contributed by atoms with Crippen LogP contribution < -0.4 is 5.32 Å². The summed E-state index contributed by atoms with van der Waals surface area (Å²) in [6.45, 7) is 4.33. The predicted molar refractivity (Wildman–Crippen MR) is 99.4 cm³/mol. The molecule has 0 aromatic heterocycles. The van der Waals surface area contributed by atoms with Crippen LogP contribution in [0.25, 0.3) is 0 Å². The number of piperazine rings is 1. The Bertz CT molecular complexity index is 485. The molecule has 2 aliphatic rings. The number of benzene rings is 1. The van der Waals surface area contributed by atoms with Gasteiger partial charge in [0.2, 0.25) is 0 Å². The second-order valence-electron chi connectivity index (χ2n) is 6.33. The molecule has 2 fully saturated rings. The summed E-state index contributed by atoms with van der Waals surface area (Å²) in [4.78, 5) is 2.61. The lowest BCUT2D eigenvalue weighted by Crippen LogP contribution is -2.47. The number of hydrogen-bond donors (Lipinski definition) is 1. The lowest BCUT2D eigenvalue weighted by Gasteiger charge is -2.41. The summed E-state index contributed by atoms with van der Waals surface area (Å²) in [5, 5.41) is 12.9. The van der Waals surface area contributed by atoms with E-state index in [-0.39, 0.29) is 24.8 Å². The van der Waals surface area contributed by atoms with Crippen molar-refractivity contribution in [1.29, 1.82) is 5.26 Å². The van der Waals surface area contributed by atoms with E-state index in [1.165, 1.54) is 37.7 Å². The summed E-state index contributed by atoms with van der Waals surface area (Å²) >= 11 is 0. The van der Waals surface area contributed by atoms with Crippen LogP contribution in [0.1, 0.15) is 49.3 Å². The average Bonchev–Trinajstić information content (AvgIpc) is 2.58. The third-order valence-corrected chi connectivity index (χ3v) is 5.04. The van der Waals surface area contributed by atoms with E-state index in [2.05, 4.69) is 28.4 Å². The molecule has 1 saturated carbocycles. The van der Waals surface area contributed by atoms with Crippen molar-refractivity contribution in [1.82, 2.24) is 10.2 Å². The van der Waals surface area contributed by atoms with Crippen LogP contribution >= 0.6 is 24.8 Å².